The van der Waals surface area contributed by atoms with E-state index in [4.69, 9.17) is 14.7 Å². The number of nitriles is 1. The van der Waals surface area contributed by atoms with Crippen molar-refractivity contribution in [3.8, 4) is 17.6 Å². The van der Waals surface area contributed by atoms with Crippen LogP contribution in [0.2, 0.25) is 0 Å². The van der Waals surface area contributed by atoms with Crippen molar-refractivity contribution < 1.29 is 24.2 Å². The standard InChI is InChI=1S/C29H26N2O5/c1-3-17-36-24-13-7-20(8-14-24)26-25(27(32)21-9-15-23(16-10-21)35-4-2)28(33)29(34)31(26)22-11-5-19(18-30)6-12-22/h5-16,26,32H,3-4,17H2,1-2H3/b27-25+. The van der Waals surface area contributed by atoms with Crippen LogP contribution in [0.5, 0.6) is 11.5 Å². The molecule has 0 spiro atoms. The van der Waals surface area contributed by atoms with Gasteiger partial charge in [0.25, 0.3) is 11.7 Å². The molecule has 182 valence electrons. The third-order valence-electron chi connectivity index (χ3n) is 5.83. The van der Waals surface area contributed by atoms with E-state index < -0.39 is 17.7 Å². The first-order chi connectivity index (χ1) is 17.5. The summed E-state index contributed by atoms with van der Waals surface area (Å²) >= 11 is 0. The van der Waals surface area contributed by atoms with Gasteiger partial charge in [0.05, 0.1) is 36.5 Å². The molecule has 7 nitrogen and oxygen atoms in total. The molecule has 0 radical (unpaired) electrons. The van der Waals surface area contributed by atoms with Crippen LogP contribution < -0.4 is 14.4 Å². The van der Waals surface area contributed by atoms with E-state index in [0.717, 1.165) is 6.42 Å². The SMILES string of the molecule is CCCOc1ccc(C2/C(=C(\O)c3ccc(OCC)cc3)C(=O)C(=O)N2c2ccc(C#N)cc2)cc1. The summed E-state index contributed by atoms with van der Waals surface area (Å²) in [7, 11) is 0. The van der Waals surface area contributed by atoms with Crippen LogP contribution in [0, 0.1) is 11.3 Å². The van der Waals surface area contributed by atoms with Gasteiger partial charge in [-0.3, -0.25) is 14.5 Å². The van der Waals surface area contributed by atoms with E-state index in [1.807, 2.05) is 19.9 Å². The predicted octanol–water partition coefficient (Wildman–Crippen LogP) is 5.37. The maximum Gasteiger partial charge on any atom is 0.300 e. The largest absolute Gasteiger partial charge is 0.507 e. The quantitative estimate of drug-likeness (QED) is 0.263. The van der Waals surface area contributed by atoms with Crippen molar-refractivity contribution in [3.63, 3.8) is 0 Å². The van der Waals surface area contributed by atoms with Gasteiger partial charge in [-0.1, -0.05) is 19.1 Å². The predicted molar refractivity (Wildman–Crippen MR) is 136 cm³/mol. The summed E-state index contributed by atoms with van der Waals surface area (Å²) in [5, 5.41) is 20.4. The zero-order chi connectivity index (χ0) is 25.7. The number of ether oxygens (including phenoxy) is 2. The lowest BCUT2D eigenvalue weighted by Crippen LogP contribution is -2.29. The highest BCUT2D eigenvalue weighted by molar-refractivity contribution is 6.51. The average molecular weight is 483 g/mol. The highest BCUT2D eigenvalue weighted by Gasteiger charge is 2.47. The number of hydrogen-bond donors (Lipinski definition) is 1. The molecule has 0 aliphatic carbocycles. The summed E-state index contributed by atoms with van der Waals surface area (Å²) in [5.74, 6) is -0.525. The Bertz CT molecular complexity index is 1320. The van der Waals surface area contributed by atoms with Crippen LogP contribution in [0.3, 0.4) is 0 Å². The van der Waals surface area contributed by atoms with Crippen molar-refractivity contribution in [1.29, 1.82) is 5.26 Å². The molecule has 0 bridgehead atoms. The molecule has 36 heavy (non-hydrogen) atoms. The second-order valence-corrected chi connectivity index (χ2v) is 8.20. The number of aliphatic hydroxyl groups is 1. The van der Waals surface area contributed by atoms with Gasteiger partial charge in [0.1, 0.15) is 17.3 Å². The summed E-state index contributed by atoms with van der Waals surface area (Å²) < 4.78 is 11.1. The molecular weight excluding hydrogens is 456 g/mol. The highest BCUT2D eigenvalue weighted by atomic mass is 16.5. The van der Waals surface area contributed by atoms with Crippen molar-refractivity contribution in [2.24, 2.45) is 0 Å². The van der Waals surface area contributed by atoms with E-state index in [-0.39, 0.29) is 11.3 Å². The normalized spacial score (nSPS) is 16.6. The van der Waals surface area contributed by atoms with Crippen molar-refractivity contribution >= 4 is 23.1 Å². The Kier molecular flexibility index (Phi) is 7.36. The summed E-state index contributed by atoms with van der Waals surface area (Å²) in [4.78, 5) is 27.9. The summed E-state index contributed by atoms with van der Waals surface area (Å²) in [6, 6.07) is 21.4. The minimum absolute atomic E-state index is 0.0178. The van der Waals surface area contributed by atoms with Gasteiger partial charge >= 0.3 is 0 Å². The Morgan fingerprint density at radius 1 is 0.917 bits per heavy atom. The maximum atomic E-state index is 13.3. The van der Waals surface area contributed by atoms with E-state index in [0.29, 0.717) is 47.1 Å². The number of carbonyl (C=O) groups is 2. The van der Waals surface area contributed by atoms with E-state index in [2.05, 4.69) is 0 Å². The minimum Gasteiger partial charge on any atom is -0.507 e. The van der Waals surface area contributed by atoms with Crippen molar-refractivity contribution in [2.45, 2.75) is 26.3 Å². The molecule has 0 aromatic heterocycles. The first-order valence-corrected chi connectivity index (χ1v) is 11.8. The maximum absolute atomic E-state index is 13.3. The summed E-state index contributed by atoms with van der Waals surface area (Å²) in [6.07, 6.45) is 0.864. The molecule has 7 heteroatoms. The molecule has 1 heterocycles. The lowest BCUT2D eigenvalue weighted by molar-refractivity contribution is -0.132. The van der Waals surface area contributed by atoms with Crippen LogP contribution in [-0.4, -0.2) is 30.0 Å². The first kappa shape index (κ1) is 24.6. The van der Waals surface area contributed by atoms with Crippen molar-refractivity contribution in [2.75, 3.05) is 18.1 Å². The number of anilines is 1. The second-order valence-electron chi connectivity index (χ2n) is 8.20. The molecular formula is C29H26N2O5. The topological polar surface area (TPSA) is 99.9 Å². The van der Waals surface area contributed by atoms with Crippen LogP contribution in [0.25, 0.3) is 5.76 Å². The molecule has 1 aliphatic heterocycles. The zero-order valence-electron chi connectivity index (χ0n) is 20.1. The number of carbonyl (C=O) groups excluding carboxylic acids is 2. The number of ketones is 1. The number of aliphatic hydroxyl groups excluding tert-OH is 1. The van der Waals surface area contributed by atoms with Gasteiger partial charge in [-0.25, -0.2) is 0 Å². The number of nitrogens with zero attached hydrogens (tertiary/aromatic N) is 2. The Hall–Kier alpha value is -4.57. The third kappa shape index (κ3) is 4.80. The number of rotatable bonds is 8. The van der Waals surface area contributed by atoms with E-state index in [1.54, 1.807) is 72.8 Å². The Labute approximate surface area is 209 Å². The lowest BCUT2D eigenvalue weighted by atomic mass is 9.95. The monoisotopic (exact) mass is 482 g/mol. The fourth-order valence-corrected chi connectivity index (χ4v) is 4.11. The molecule has 4 rings (SSSR count). The molecule has 1 amide bonds. The van der Waals surface area contributed by atoms with Gasteiger partial charge in [-0.05, 0) is 79.6 Å². The van der Waals surface area contributed by atoms with E-state index in [9.17, 15) is 14.7 Å². The zero-order valence-corrected chi connectivity index (χ0v) is 20.1. The number of Topliss-reactive ketones (excluding diaryl/α,β-unsaturated/α-hetero) is 1. The third-order valence-corrected chi connectivity index (χ3v) is 5.83. The molecule has 3 aromatic rings. The van der Waals surface area contributed by atoms with Crippen molar-refractivity contribution in [1.82, 2.24) is 0 Å². The number of amides is 1. The van der Waals surface area contributed by atoms with Gasteiger partial charge in [0.2, 0.25) is 0 Å². The van der Waals surface area contributed by atoms with E-state index in [1.165, 1.54) is 4.90 Å². The fraction of sp³-hybridized carbons (Fsp3) is 0.207. The van der Waals surface area contributed by atoms with Gasteiger partial charge in [0, 0.05) is 11.3 Å². The Morgan fingerprint density at radius 3 is 2.11 bits per heavy atom. The second kappa shape index (κ2) is 10.8. The van der Waals surface area contributed by atoms with Crippen molar-refractivity contribution in [3.05, 3.63) is 95.1 Å². The van der Waals surface area contributed by atoms with Gasteiger partial charge < -0.3 is 14.6 Å². The summed E-state index contributed by atoms with van der Waals surface area (Å²) in [5.41, 5.74) is 1.88. The van der Waals surface area contributed by atoms with Crippen LogP contribution in [-0.2, 0) is 9.59 Å². The van der Waals surface area contributed by atoms with E-state index >= 15 is 0 Å². The van der Waals surface area contributed by atoms with Gasteiger partial charge in [-0.15, -0.1) is 0 Å². The average Bonchev–Trinajstić information content (AvgIpc) is 3.18. The number of benzene rings is 3. The Morgan fingerprint density at radius 2 is 1.53 bits per heavy atom. The highest BCUT2D eigenvalue weighted by Crippen LogP contribution is 2.42. The van der Waals surface area contributed by atoms with Gasteiger partial charge in [0.15, 0.2) is 0 Å². The van der Waals surface area contributed by atoms with Crippen LogP contribution in [0.4, 0.5) is 5.69 Å². The minimum atomic E-state index is -0.871. The fourth-order valence-electron chi connectivity index (χ4n) is 4.11. The smallest absolute Gasteiger partial charge is 0.300 e. The molecule has 3 aromatic carbocycles. The molecule has 1 saturated heterocycles. The molecule has 0 saturated carbocycles. The summed E-state index contributed by atoms with van der Waals surface area (Å²) in [6.45, 7) is 4.96. The molecule has 1 atom stereocenters. The lowest BCUT2D eigenvalue weighted by Gasteiger charge is -2.25. The molecule has 1 aliphatic rings. The molecule has 1 N–H and O–H groups in total. The van der Waals surface area contributed by atoms with Crippen LogP contribution in [0.15, 0.2) is 78.4 Å². The van der Waals surface area contributed by atoms with Crippen LogP contribution >= 0.6 is 0 Å². The first-order valence-electron chi connectivity index (χ1n) is 11.8. The van der Waals surface area contributed by atoms with Gasteiger partial charge in [-0.2, -0.15) is 5.26 Å². The molecule has 1 unspecified atom stereocenters. The van der Waals surface area contributed by atoms with Crippen LogP contribution in [0.1, 0.15) is 43.0 Å². The Balaban J connectivity index is 1.83. The molecule has 1 fully saturated rings. The number of hydrogen-bond acceptors (Lipinski definition) is 6.